The maximum absolute atomic E-state index is 11.9. The number of para-hydroxylation sites is 1. The molecule has 0 fully saturated rings. The third-order valence-corrected chi connectivity index (χ3v) is 4.56. The topological polar surface area (TPSA) is 98.0 Å². The number of ether oxygens (including phenoxy) is 1. The van der Waals surface area contributed by atoms with Gasteiger partial charge in [0.15, 0.2) is 17.9 Å². The highest BCUT2D eigenvalue weighted by Crippen LogP contribution is 2.30. The number of carboxylic acid groups (broad SMARTS) is 1. The van der Waals surface area contributed by atoms with E-state index in [0.717, 1.165) is 16.5 Å². The molecule has 0 aliphatic rings. The Hall–Kier alpha value is -2.68. The molecule has 0 aliphatic heterocycles. The van der Waals surface area contributed by atoms with Crippen LogP contribution in [0.5, 0.6) is 5.75 Å². The Kier molecular flexibility index (Phi) is 6.59. The normalized spacial score (nSPS) is 12.1. The molecule has 0 amide bonds. The van der Waals surface area contributed by atoms with Crippen molar-refractivity contribution in [3.63, 3.8) is 0 Å². The van der Waals surface area contributed by atoms with E-state index < -0.39 is 23.8 Å². The van der Waals surface area contributed by atoms with Crippen molar-refractivity contribution in [3.05, 3.63) is 65.9 Å². The Balaban J connectivity index is 1.52. The van der Waals surface area contributed by atoms with Gasteiger partial charge in [-0.05, 0) is 23.6 Å². The van der Waals surface area contributed by atoms with Crippen molar-refractivity contribution in [3.8, 4) is 5.75 Å². The second kappa shape index (κ2) is 9.31. The average Bonchev–Trinajstić information content (AvgIpc) is 3.09. The Bertz CT molecular complexity index is 924. The highest BCUT2D eigenvalue weighted by molar-refractivity contribution is 7.78. The van der Waals surface area contributed by atoms with Crippen LogP contribution in [0.25, 0.3) is 11.0 Å². The Morgan fingerprint density at radius 3 is 2.74 bits per heavy atom. The summed E-state index contributed by atoms with van der Waals surface area (Å²) < 4.78 is 30.7. The molecule has 2 N–H and O–H groups in total. The summed E-state index contributed by atoms with van der Waals surface area (Å²) >= 11 is -1.60. The first-order valence-electron chi connectivity index (χ1n) is 8.29. The minimum absolute atomic E-state index is 0.263. The lowest BCUT2D eigenvalue weighted by Gasteiger charge is -2.05. The fourth-order valence-corrected chi connectivity index (χ4v) is 3.13. The fraction of sp³-hybridized carbons (Fsp3) is 0.211. The van der Waals surface area contributed by atoms with Crippen molar-refractivity contribution in [2.45, 2.75) is 13.0 Å². The molecule has 142 valence electrons. The zero-order valence-electron chi connectivity index (χ0n) is 14.4. The van der Waals surface area contributed by atoms with Crippen molar-refractivity contribution in [2.24, 2.45) is 0 Å². The lowest BCUT2D eigenvalue weighted by molar-refractivity contribution is -0.139. The molecule has 8 heteroatoms. The molecule has 0 bridgehead atoms. The van der Waals surface area contributed by atoms with Crippen LogP contribution in [0.1, 0.15) is 11.1 Å². The molecule has 2 aromatic carbocycles. The third-order valence-electron chi connectivity index (χ3n) is 3.78. The number of benzene rings is 2. The number of hydrogen-bond donors (Lipinski definition) is 2. The van der Waals surface area contributed by atoms with Gasteiger partial charge in [-0.15, -0.1) is 0 Å². The van der Waals surface area contributed by atoms with Crippen LogP contribution in [0.4, 0.5) is 0 Å². The Morgan fingerprint density at radius 1 is 1.15 bits per heavy atom. The van der Waals surface area contributed by atoms with Crippen LogP contribution in [0, 0.1) is 0 Å². The molecule has 0 saturated carbocycles. The van der Waals surface area contributed by atoms with Crippen LogP contribution in [-0.2, 0) is 33.3 Å². The van der Waals surface area contributed by atoms with Crippen LogP contribution in [-0.4, -0.2) is 28.4 Å². The number of aliphatic carboxylic acids is 1. The summed E-state index contributed by atoms with van der Waals surface area (Å²) in [6, 6.07) is 14.8. The van der Waals surface area contributed by atoms with E-state index >= 15 is 0 Å². The summed E-state index contributed by atoms with van der Waals surface area (Å²) in [6.07, 6.45) is 2.16. The fourth-order valence-electron chi connectivity index (χ4n) is 2.54. The number of nitrogens with one attached hydrogen (secondary N) is 1. The van der Waals surface area contributed by atoms with E-state index in [-0.39, 0.29) is 6.61 Å². The smallest absolute Gasteiger partial charge is 0.341 e. The second-order valence-electron chi connectivity index (χ2n) is 5.70. The molecule has 3 rings (SSSR count). The van der Waals surface area contributed by atoms with Crippen molar-refractivity contribution >= 4 is 28.2 Å². The third kappa shape index (κ3) is 5.40. The molecule has 3 aromatic rings. The van der Waals surface area contributed by atoms with E-state index in [4.69, 9.17) is 18.4 Å². The predicted octanol–water partition coefficient (Wildman–Crippen LogP) is 2.82. The molecule has 1 atom stereocenters. The first kappa shape index (κ1) is 19.1. The van der Waals surface area contributed by atoms with Gasteiger partial charge in [0.25, 0.3) is 0 Å². The van der Waals surface area contributed by atoms with Crippen molar-refractivity contribution in [1.82, 2.24) is 4.72 Å². The molecule has 0 spiro atoms. The van der Waals surface area contributed by atoms with Gasteiger partial charge in [0, 0.05) is 11.9 Å². The van der Waals surface area contributed by atoms with Crippen LogP contribution >= 0.6 is 0 Å². The highest BCUT2D eigenvalue weighted by atomic mass is 32.2. The van der Waals surface area contributed by atoms with Crippen LogP contribution in [0.15, 0.2) is 59.2 Å². The number of hydrogen-bond acceptors (Lipinski definition) is 5. The minimum Gasteiger partial charge on any atom is -0.479 e. The average molecular weight is 389 g/mol. The summed E-state index contributed by atoms with van der Waals surface area (Å²) in [5, 5.41) is 9.56. The van der Waals surface area contributed by atoms with E-state index in [1.165, 1.54) is 0 Å². The first-order valence-corrected chi connectivity index (χ1v) is 9.37. The molecule has 7 nitrogen and oxygen atoms in total. The molecule has 0 saturated heterocycles. The Labute approximate surface area is 158 Å². The number of carbonyl (C=O) groups is 1. The number of carboxylic acids is 1. The van der Waals surface area contributed by atoms with Gasteiger partial charge in [-0.2, -0.15) is 0 Å². The monoisotopic (exact) mass is 389 g/mol. The summed E-state index contributed by atoms with van der Waals surface area (Å²) in [7, 11) is 0. The van der Waals surface area contributed by atoms with Gasteiger partial charge in [0.05, 0.1) is 12.9 Å². The van der Waals surface area contributed by atoms with E-state index in [1.54, 1.807) is 18.4 Å². The SMILES string of the molecule is O=C(O)COc1cccc2c(CCNS(=O)OCc3ccccc3)coc12. The molecule has 27 heavy (non-hydrogen) atoms. The Morgan fingerprint density at radius 2 is 1.96 bits per heavy atom. The van der Waals surface area contributed by atoms with Crippen molar-refractivity contribution < 1.29 is 27.4 Å². The van der Waals surface area contributed by atoms with Gasteiger partial charge in [-0.1, -0.05) is 42.5 Å². The zero-order valence-corrected chi connectivity index (χ0v) is 15.2. The molecule has 1 aromatic heterocycles. The quantitative estimate of drug-likeness (QED) is 0.553. The summed E-state index contributed by atoms with van der Waals surface area (Å²) in [5.74, 6) is -0.676. The number of rotatable bonds is 10. The maximum atomic E-state index is 11.9. The summed E-state index contributed by atoms with van der Waals surface area (Å²) in [4.78, 5) is 10.7. The lowest BCUT2D eigenvalue weighted by atomic mass is 10.1. The van der Waals surface area contributed by atoms with Crippen LogP contribution in [0.2, 0.25) is 0 Å². The van der Waals surface area contributed by atoms with Gasteiger partial charge in [-0.25, -0.2) is 13.7 Å². The molecule has 1 unspecified atom stereocenters. The maximum Gasteiger partial charge on any atom is 0.341 e. The highest BCUT2D eigenvalue weighted by Gasteiger charge is 2.12. The van der Waals surface area contributed by atoms with Gasteiger partial charge >= 0.3 is 5.97 Å². The van der Waals surface area contributed by atoms with E-state index in [2.05, 4.69) is 4.72 Å². The van der Waals surface area contributed by atoms with E-state index in [9.17, 15) is 9.00 Å². The zero-order chi connectivity index (χ0) is 19.1. The van der Waals surface area contributed by atoms with Gasteiger partial charge in [0.2, 0.25) is 11.3 Å². The largest absolute Gasteiger partial charge is 0.479 e. The van der Waals surface area contributed by atoms with Gasteiger partial charge in [-0.3, -0.25) is 4.18 Å². The summed E-state index contributed by atoms with van der Waals surface area (Å²) in [5.41, 5.74) is 2.34. The van der Waals surface area contributed by atoms with Crippen molar-refractivity contribution in [2.75, 3.05) is 13.2 Å². The first-order chi connectivity index (χ1) is 13.1. The predicted molar refractivity (Wildman–Crippen MR) is 100 cm³/mol. The second-order valence-corrected chi connectivity index (χ2v) is 6.70. The van der Waals surface area contributed by atoms with Crippen molar-refractivity contribution in [1.29, 1.82) is 0 Å². The lowest BCUT2D eigenvalue weighted by Crippen LogP contribution is -2.21. The molecule has 0 aliphatic carbocycles. The van der Waals surface area contributed by atoms with Crippen LogP contribution in [0.3, 0.4) is 0 Å². The minimum atomic E-state index is -1.60. The standard InChI is InChI=1S/C19H19NO6S/c21-18(22)13-24-17-8-4-7-16-15(12-25-19(16)17)9-10-20-27(23)26-11-14-5-2-1-3-6-14/h1-8,12,20H,9-11,13H2,(H,21,22). The molecule has 0 radical (unpaired) electrons. The van der Waals surface area contributed by atoms with Gasteiger partial charge in [0.1, 0.15) is 0 Å². The number of furan rings is 1. The number of fused-ring (bicyclic) bond motifs is 1. The summed E-state index contributed by atoms with van der Waals surface area (Å²) in [6.45, 7) is 0.254. The molecular weight excluding hydrogens is 370 g/mol. The van der Waals surface area contributed by atoms with E-state index in [0.29, 0.717) is 24.3 Å². The van der Waals surface area contributed by atoms with Crippen LogP contribution < -0.4 is 9.46 Å². The molecule has 1 heterocycles. The molecular formula is C19H19NO6S. The van der Waals surface area contributed by atoms with E-state index in [1.807, 2.05) is 36.4 Å². The van der Waals surface area contributed by atoms with Gasteiger partial charge < -0.3 is 14.3 Å².